The van der Waals surface area contributed by atoms with Crippen LogP contribution in [-0.4, -0.2) is 42.1 Å². The van der Waals surface area contributed by atoms with Crippen molar-refractivity contribution in [2.24, 2.45) is 0 Å². The van der Waals surface area contributed by atoms with Gasteiger partial charge in [0.25, 0.3) is 5.78 Å². The van der Waals surface area contributed by atoms with Crippen molar-refractivity contribution in [3.63, 3.8) is 0 Å². The lowest BCUT2D eigenvalue weighted by molar-refractivity contribution is -0.132. The number of thiazole rings is 1. The first kappa shape index (κ1) is 27.5. The van der Waals surface area contributed by atoms with Gasteiger partial charge < -0.3 is 19.3 Å². The van der Waals surface area contributed by atoms with Crippen molar-refractivity contribution in [2.75, 3.05) is 25.2 Å². The van der Waals surface area contributed by atoms with Gasteiger partial charge in [-0.05, 0) is 73.5 Å². The van der Waals surface area contributed by atoms with Crippen LogP contribution in [-0.2, 0) is 9.59 Å². The number of ketones is 1. The predicted octanol–water partition coefficient (Wildman–Crippen LogP) is 6.77. The van der Waals surface area contributed by atoms with Gasteiger partial charge in [-0.3, -0.25) is 14.5 Å². The molecule has 1 fully saturated rings. The Morgan fingerprint density at radius 3 is 2.50 bits per heavy atom. The van der Waals surface area contributed by atoms with Crippen molar-refractivity contribution in [1.29, 1.82) is 0 Å². The highest BCUT2D eigenvalue weighted by Crippen LogP contribution is 2.46. The maximum Gasteiger partial charge on any atom is 0.301 e. The average Bonchev–Trinajstić information content (AvgIpc) is 3.49. The molecule has 10 heteroatoms. The zero-order chi connectivity index (χ0) is 28.4. The summed E-state index contributed by atoms with van der Waals surface area (Å²) in [4.78, 5) is 33.2. The summed E-state index contributed by atoms with van der Waals surface area (Å²) < 4.78 is 17.8. The van der Waals surface area contributed by atoms with Gasteiger partial charge >= 0.3 is 5.91 Å². The number of aliphatic hydroxyl groups excluding tert-OH is 1. The number of ether oxygens (including phenoxy) is 3. The molecule has 0 spiro atoms. The van der Waals surface area contributed by atoms with Gasteiger partial charge in [0.1, 0.15) is 11.5 Å². The van der Waals surface area contributed by atoms with Gasteiger partial charge in [-0.25, -0.2) is 4.98 Å². The van der Waals surface area contributed by atoms with Crippen LogP contribution >= 0.6 is 22.9 Å². The summed E-state index contributed by atoms with van der Waals surface area (Å²) in [6.45, 7) is 4.76. The number of Topliss-reactive ketones (excluding diaryl/α,β-unsaturated/α-hetero) is 1. The van der Waals surface area contributed by atoms with Gasteiger partial charge in [0, 0.05) is 10.6 Å². The van der Waals surface area contributed by atoms with Crippen molar-refractivity contribution < 1.29 is 28.9 Å². The number of anilines is 1. The van der Waals surface area contributed by atoms with Gasteiger partial charge in [-0.15, -0.1) is 0 Å². The van der Waals surface area contributed by atoms with E-state index in [1.165, 1.54) is 16.2 Å². The van der Waals surface area contributed by atoms with Crippen molar-refractivity contribution in [1.82, 2.24) is 4.98 Å². The fourth-order valence-electron chi connectivity index (χ4n) is 4.53. The summed E-state index contributed by atoms with van der Waals surface area (Å²) in [5.41, 5.74) is 1.50. The lowest BCUT2D eigenvalue weighted by Gasteiger charge is -2.24. The summed E-state index contributed by atoms with van der Waals surface area (Å²) in [5, 5.41) is 12.2. The molecule has 4 aromatic rings. The summed E-state index contributed by atoms with van der Waals surface area (Å²) in [6, 6.07) is 16.1. The predicted molar refractivity (Wildman–Crippen MR) is 156 cm³/mol. The van der Waals surface area contributed by atoms with Crippen LogP contribution in [0.15, 0.2) is 66.2 Å². The SMILES string of the molecule is CCCOc1ccc(C2/C(=C(\O)c3ccc(Cl)cc3)C(=O)C(=O)N2c2nc3ccc(OC)cc3s2)cc1OCC. The lowest BCUT2D eigenvalue weighted by Crippen LogP contribution is -2.29. The first-order valence-corrected chi connectivity index (χ1v) is 14.0. The number of benzene rings is 3. The highest BCUT2D eigenvalue weighted by Gasteiger charge is 2.48. The largest absolute Gasteiger partial charge is 0.507 e. The second-order valence-electron chi connectivity index (χ2n) is 8.99. The number of aliphatic hydroxyl groups is 1. The molecule has 1 aliphatic heterocycles. The van der Waals surface area contributed by atoms with Gasteiger partial charge in [-0.1, -0.05) is 35.9 Å². The number of amides is 1. The van der Waals surface area contributed by atoms with Crippen LogP contribution in [0.25, 0.3) is 16.0 Å². The molecule has 206 valence electrons. The van der Waals surface area contributed by atoms with E-state index in [-0.39, 0.29) is 11.3 Å². The Bertz CT molecular complexity index is 1610. The molecule has 0 bridgehead atoms. The Balaban J connectivity index is 1.71. The quantitative estimate of drug-likeness (QED) is 0.133. The van der Waals surface area contributed by atoms with Crippen LogP contribution in [0, 0.1) is 0 Å². The fraction of sp³-hybridized carbons (Fsp3) is 0.233. The van der Waals surface area contributed by atoms with Crippen LogP contribution in [0.3, 0.4) is 0 Å². The van der Waals surface area contributed by atoms with Crippen molar-refractivity contribution in [3.05, 3.63) is 82.4 Å². The molecule has 0 aliphatic carbocycles. The molecule has 5 rings (SSSR count). The Morgan fingerprint density at radius 1 is 1.02 bits per heavy atom. The van der Waals surface area contributed by atoms with E-state index in [4.69, 9.17) is 25.8 Å². The minimum Gasteiger partial charge on any atom is -0.507 e. The lowest BCUT2D eigenvalue weighted by atomic mass is 9.95. The third kappa shape index (κ3) is 5.10. The maximum atomic E-state index is 13.6. The first-order valence-electron chi connectivity index (χ1n) is 12.8. The van der Waals surface area contributed by atoms with E-state index in [0.29, 0.717) is 57.3 Å². The molecule has 1 atom stereocenters. The minimum atomic E-state index is -0.974. The Labute approximate surface area is 240 Å². The molecular weight excluding hydrogens is 552 g/mol. The van der Waals surface area contributed by atoms with E-state index in [0.717, 1.165) is 11.1 Å². The van der Waals surface area contributed by atoms with Gasteiger partial charge in [-0.2, -0.15) is 0 Å². The van der Waals surface area contributed by atoms with E-state index in [1.54, 1.807) is 61.7 Å². The smallest absolute Gasteiger partial charge is 0.301 e. The number of hydrogen-bond donors (Lipinski definition) is 1. The number of nitrogens with zero attached hydrogens (tertiary/aromatic N) is 2. The van der Waals surface area contributed by atoms with Crippen molar-refractivity contribution in [3.8, 4) is 17.2 Å². The molecule has 0 radical (unpaired) electrons. The second kappa shape index (κ2) is 11.6. The van der Waals surface area contributed by atoms with Crippen LogP contribution in [0.5, 0.6) is 17.2 Å². The molecule has 40 heavy (non-hydrogen) atoms. The molecule has 1 aromatic heterocycles. The number of fused-ring (bicyclic) bond motifs is 1. The molecular formula is C30H27ClN2O6S. The zero-order valence-electron chi connectivity index (χ0n) is 22.1. The third-order valence-electron chi connectivity index (χ3n) is 6.40. The summed E-state index contributed by atoms with van der Waals surface area (Å²) in [6.07, 6.45) is 0.816. The second-order valence-corrected chi connectivity index (χ2v) is 10.4. The fourth-order valence-corrected chi connectivity index (χ4v) is 5.67. The van der Waals surface area contributed by atoms with Gasteiger partial charge in [0.05, 0.1) is 42.2 Å². The molecule has 1 N–H and O–H groups in total. The normalized spacial score (nSPS) is 16.5. The minimum absolute atomic E-state index is 0.0613. The first-order chi connectivity index (χ1) is 19.4. The summed E-state index contributed by atoms with van der Waals surface area (Å²) in [7, 11) is 1.57. The number of carbonyl (C=O) groups is 2. The molecule has 3 aromatic carbocycles. The van der Waals surface area contributed by atoms with Crippen molar-refractivity contribution in [2.45, 2.75) is 26.3 Å². The Hall–Kier alpha value is -4.08. The van der Waals surface area contributed by atoms with E-state index in [9.17, 15) is 14.7 Å². The number of methoxy groups -OCH3 is 1. The number of halogens is 1. The van der Waals surface area contributed by atoms with E-state index in [1.807, 2.05) is 19.9 Å². The highest BCUT2D eigenvalue weighted by molar-refractivity contribution is 7.22. The number of carbonyl (C=O) groups excluding carboxylic acids is 2. The number of hydrogen-bond acceptors (Lipinski definition) is 8. The molecule has 1 amide bonds. The van der Waals surface area contributed by atoms with Gasteiger partial charge in [0.15, 0.2) is 16.6 Å². The molecule has 0 saturated carbocycles. The average molecular weight is 579 g/mol. The van der Waals surface area contributed by atoms with Crippen LogP contribution in [0.2, 0.25) is 5.02 Å². The molecule has 2 heterocycles. The van der Waals surface area contributed by atoms with Crippen LogP contribution in [0.1, 0.15) is 37.4 Å². The highest BCUT2D eigenvalue weighted by atomic mass is 35.5. The van der Waals surface area contributed by atoms with Gasteiger partial charge in [0.2, 0.25) is 0 Å². The standard InChI is InChI=1S/C30H27ClN2O6S/c1-4-14-39-22-13-8-18(15-23(22)38-5-2)26-25(27(34)17-6-9-19(31)10-7-17)28(35)29(36)33(26)30-32-21-12-11-20(37-3)16-24(21)40-30/h6-13,15-16,26,34H,4-5,14H2,1-3H3/b27-25+. The van der Waals surface area contributed by atoms with E-state index in [2.05, 4.69) is 4.98 Å². The summed E-state index contributed by atoms with van der Waals surface area (Å²) >= 11 is 7.30. The van der Waals surface area contributed by atoms with Crippen molar-refractivity contribution >= 4 is 55.7 Å². The topological polar surface area (TPSA) is 98.2 Å². The Morgan fingerprint density at radius 2 is 1.80 bits per heavy atom. The summed E-state index contributed by atoms with van der Waals surface area (Å²) in [5.74, 6) is -0.259. The molecule has 1 aliphatic rings. The van der Waals surface area contributed by atoms with E-state index >= 15 is 0 Å². The maximum absolute atomic E-state index is 13.6. The van der Waals surface area contributed by atoms with E-state index < -0.39 is 17.7 Å². The molecule has 8 nitrogen and oxygen atoms in total. The molecule has 1 unspecified atom stereocenters. The van der Waals surface area contributed by atoms with Crippen LogP contribution in [0.4, 0.5) is 5.13 Å². The zero-order valence-corrected chi connectivity index (χ0v) is 23.7. The van der Waals surface area contributed by atoms with Crippen LogP contribution < -0.4 is 19.1 Å². The number of aromatic nitrogens is 1. The third-order valence-corrected chi connectivity index (χ3v) is 7.67. The molecule has 1 saturated heterocycles. The Kier molecular flexibility index (Phi) is 7.95. The monoisotopic (exact) mass is 578 g/mol. The number of rotatable bonds is 9.